The van der Waals surface area contributed by atoms with Gasteiger partial charge in [0.2, 0.25) is 0 Å². The predicted octanol–water partition coefficient (Wildman–Crippen LogP) is 4.92. The van der Waals surface area contributed by atoms with Gasteiger partial charge in [-0.2, -0.15) is 4.98 Å². The molecule has 0 aliphatic heterocycles. The molecule has 0 unspecified atom stereocenters. The van der Waals surface area contributed by atoms with Gasteiger partial charge in [-0.25, -0.2) is 4.79 Å². The molecule has 2 amide bonds. The van der Waals surface area contributed by atoms with E-state index in [9.17, 15) is 4.79 Å². The Labute approximate surface area is 154 Å². The van der Waals surface area contributed by atoms with E-state index < -0.39 is 6.03 Å². The molecule has 1 heterocycles. The van der Waals surface area contributed by atoms with E-state index in [2.05, 4.69) is 20.8 Å². The lowest BCUT2D eigenvalue weighted by Gasteiger charge is -2.05. The lowest BCUT2D eigenvalue weighted by atomic mass is 10.1. The van der Waals surface area contributed by atoms with Gasteiger partial charge in [0.15, 0.2) is 5.82 Å². The lowest BCUT2D eigenvalue weighted by molar-refractivity contribution is 0.261. The molecular formula is C17H14Cl2N4O2. The Bertz CT molecular complexity index is 911. The molecule has 0 spiro atoms. The Morgan fingerprint density at radius 3 is 2.72 bits per heavy atom. The van der Waals surface area contributed by atoms with Crippen molar-refractivity contribution in [3.63, 3.8) is 0 Å². The molecule has 8 heteroatoms. The summed E-state index contributed by atoms with van der Waals surface area (Å²) in [5.41, 5.74) is 2.71. The maximum absolute atomic E-state index is 12.0. The SMILES string of the molecule is Cc1cccc(Cc2noc(NC(=O)Nc3ccc(Cl)c(Cl)c3)n2)c1. The summed E-state index contributed by atoms with van der Waals surface area (Å²) in [4.78, 5) is 16.1. The van der Waals surface area contributed by atoms with E-state index >= 15 is 0 Å². The summed E-state index contributed by atoms with van der Waals surface area (Å²) in [6, 6.07) is 12.3. The Morgan fingerprint density at radius 1 is 1.12 bits per heavy atom. The van der Waals surface area contributed by atoms with Crippen molar-refractivity contribution in [2.75, 3.05) is 10.6 Å². The van der Waals surface area contributed by atoms with Crippen molar-refractivity contribution in [3.05, 3.63) is 69.5 Å². The normalized spacial score (nSPS) is 10.5. The fraction of sp³-hybridized carbons (Fsp3) is 0.118. The van der Waals surface area contributed by atoms with Crippen molar-refractivity contribution in [2.24, 2.45) is 0 Å². The highest BCUT2D eigenvalue weighted by Gasteiger charge is 2.11. The number of carbonyl (C=O) groups is 1. The number of hydrogen-bond donors (Lipinski definition) is 2. The Balaban J connectivity index is 1.60. The van der Waals surface area contributed by atoms with Crippen LogP contribution in [0.5, 0.6) is 0 Å². The largest absolute Gasteiger partial charge is 0.329 e. The van der Waals surface area contributed by atoms with Crippen molar-refractivity contribution >= 4 is 40.9 Å². The fourth-order valence-electron chi connectivity index (χ4n) is 2.21. The number of halogens is 2. The van der Waals surface area contributed by atoms with E-state index in [0.717, 1.165) is 11.1 Å². The van der Waals surface area contributed by atoms with Crippen LogP contribution in [0.2, 0.25) is 10.0 Å². The third kappa shape index (κ3) is 4.71. The first-order valence-corrected chi connectivity index (χ1v) is 8.16. The van der Waals surface area contributed by atoms with E-state index in [0.29, 0.717) is 28.0 Å². The minimum atomic E-state index is -0.524. The summed E-state index contributed by atoms with van der Waals surface area (Å²) in [5, 5.41) is 9.69. The molecule has 25 heavy (non-hydrogen) atoms. The van der Waals surface area contributed by atoms with E-state index in [1.807, 2.05) is 31.2 Å². The monoisotopic (exact) mass is 376 g/mol. The first-order valence-electron chi connectivity index (χ1n) is 7.41. The molecule has 3 rings (SSSR count). The second-order valence-corrected chi connectivity index (χ2v) is 6.20. The molecule has 3 aromatic rings. The molecule has 0 atom stereocenters. The van der Waals surface area contributed by atoms with Crippen LogP contribution < -0.4 is 10.6 Å². The van der Waals surface area contributed by atoms with Crippen LogP contribution in [-0.2, 0) is 6.42 Å². The zero-order chi connectivity index (χ0) is 17.8. The minimum Gasteiger partial charge on any atom is -0.315 e. The Kier molecular flexibility index (Phi) is 5.21. The molecule has 0 aliphatic rings. The number of carbonyl (C=O) groups excluding carboxylic acids is 1. The second-order valence-electron chi connectivity index (χ2n) is 5.39. The highest BCUT2D eigenvalue weighted by molar-refractivity contribution is 6.42. The van der Waals surface area contributed by atoms with Gasteiger partial charge >= 0.3 is 12.0 Å². The number of nitrogens with zero attached hydrogens (tertiary/aromatic N) is 2. The van der Waals surface area contributed by atoms with E-state index in [-0.39, 0.29) is 6.01 Å². The molecule has 0 fully saturated rings. The van der Waals surface area contributed by atoms with Crippen molar-refractivity contribution in [1.82, 2.24) is 10.1 Å². The molecular weight excluding hydrogens is 363 g/mol. The first-order chi connectivity index (χ1) is 12.0. The average Bonchev–Trinajstić information content (AvgIpc) is 2.98. The standard InChI is InChI=1S/C17H14Cl2N4O2/c1-10-3-2-4-11(7-10)8-15-21-17(25-23-15)22-16(24)20-12-5-6-13(18)14(19)9-12/h2-7,9H,8H2,1H3,(H2,20,21,22,23,24). The number of aromatic nitrogens is 2. The van der Waals surface area contributed by atoms with E-state index in [1.165, 1.54) is 0 Å². The van der Waals surface area contributed by atoms with Gasteiger partial charge in [-0.3, -0.25) is 5.32 Å². The van der Waals surface area contributed by atoms with Crippen molar-refractivity contribution in [2.45, 2.75) is 13.3 Å². The zero-order valence-corrected chi connectivity index (χ0v) is 14.7. The maximum atomic E-state index is 12.0. The third-order valence-electron chi connectivity index (χ3n) is 3.31. The molecule has 128 valence electrons. The van der Waals surface area contributed by atoms with Gasteiger partial charge in [0.05, 0.1) is 10.0 Å². The summed E-state index contributed by atoms with van der Waals surface area (Å²) in [6.07, 6.45) is 0.515. The summed E-state index contributed by atoms with van der Waals surface area (Å²) in [5.74, 6) is 0.482. The molecule has 2 N–H and O–H groups in total. The number of aryl methyl sites for hydroxylation is 1. The molecule has 0 radical (unpaired) electrons. The van der Waals surface area contributed by atoms with E-state index in [1.54, 1.807) is 18.2 Å². The number of amides is 2. The third-order valence-corrected chi connectivity index (χ3v) is 4.05. The molecule has 6 nitrogen and oxygen atoms in total. The fourth-order valence-corrected chi connectivity index (χ4v) is 2.51. The highest BCUT2D eigenvalue weighted by Crippen LogP contribution is 2.25. The number of rotatable bonds is 4. The predicted molar refractivity (Wildman–Crippen MR) is 97.4 cm³/mol. The van der Waals surface area contributed by atoms with Crippen molar-refractivity contribution in [3.8, 4) is 0 Å². The van der Waals surface area contributed by atoms with Crippen molar-refractivity contribution in [1.29, 1.82) is 0 Å². The molecule has 0 saturated heterocycles. The summed E-state index contributed by atoms with van der Waals surface area (Å²) >= 11 is 11.7. The summed E-state index contributed by atoms with van der Waals surface area (Å²) in [7, 11) is 0. The van der Waals surface area contributed by atoms with Gasteiger partial charge in [0.1, 0.15) is 0 Å². The van der Waals surface area contributed by atoms with Gasteiger partial charge in [-0.15, -0.1) is 0 Å². The molecule has 1 aromatic heterocycles. The second kappa shape index (κ2) is 7.55. The Hall–Kier alpha value is -2.57. The number of anilines is 2. The minimum absolute atomic E-state index is 0.0141. The summed E-state index contributed by atoms with van der Waals surface area (Å²) in [6.45, 7) is 2.01. The van der Waals surface area contributed by atoms with Gasteiger partial charge in [-0.1, -0.05) is 58.2 Å². The van der Waals surface area contributed by atoms with Crippen LogP contribution in [0.25, 0.3) is 0 Å². The van der Waals surface area contributed by atoms with Gasteiger partial charge in [0, 0.05) is 12.1 Å². The number of urea groups is 1. The number of benzene rings is 2. The molecule has 0 bridgehead atoms. The topological polar surface area (TPSA) is 80.0 Å². The first kappa shape index (κ1) is 17.3. The van der Waals surface area contributed by atoms with Crippen LogP contribution in [0.1, 0.15) is 17.0 Å². The zero-order valence-electron chi connectivity index (χ0n) is 13.2. The van der Waals surface area contributed by atoms with E-state index in [4.69, 9.17) is 27.7 Å². The highest BCUT2D eigenvalue weighted by atomic mass is 35.5. The van der Waals surface area contributed by atoms with Crippen LogP contribution in [0.15, 0.2) is 47.0 Å². The van der Waals surface area contributed by atoms with Crippen LogP contribution in [-0.4, -0.2) is 16.2 Å². The lowest BCUT2D eigenvalue weighted by Crippen LogP contribution is -2.19. The van der Waals surface area contributed by atoms with Crippen LogP contribution >= 0.6 is 23.2 Å². The number of nitrogens with one attached hydrogen (secondary N) is 2. The smallest absolute Gasteiger partial charge is 0.315 e. The quantitative estimate of drug-likeness (QED) is 0.676. The van der Waals surface area contributed by atoms with Gasteiger partial charge in [0.25, 0.3) is 0 Å². The molecule has 0 saturated carbocycles. The average molecular weight is 377 g/mol. The number of hydrogen-bond acceptors (Lipinski definition) is 4. The molecule has 0 aliphatic carbocycles. The van der Waals surface area contributed by atoms with Crippen LogP contribution in [0.4, 0.5) is 16.5 Å². The Morgan fingerprint density at radius 2 is 1.96 bits per heavy atom. The maximum Gasteiger partial charge on any atom is 0.329 e. The van der Waals surface area contributed by atoms with Crippen LogP contribution in [0.3, 0.4) is 0 Å². The summed E-state index contributed by atoms with van der Waals surface area (Å²) < 4.78 is 5.04. The van der Waals surface area contributed by atoms with Crippen LogP contribution in [0, 0.1) is 6.92 Å². The van der Waals surface area contributed by atoms with Gasteiger partial charge < -0.3 is 9.84 Å². The van der Waals surface area contributed by atoms with Crippen molar-refractivity contribution < 1.29 is 9.32 Å². The van der Waals surface area contributed by atoms with Gasteiger partial charge in [-0.05, 0) is 30.7 Å². The molecule has 2 aromatic carbocycles.